The molecule has 4 aromatic rings. The van der Waals surface area contributed by atoms with E-state index < -0.39 is 10.0 Å². The summed E-state index contributed by atoms with van der Waals surface area (Å²) in [6.07, 6.45) is 3.10. The van der Waals surface area contributed by atoms with Crippen molar-refractivity contribution >= 4 is 49.0 Å². The SMILES string of the molecule is Cc1nc(N)nc(-c2cc([C@@H](C)N3CCN(S(C)(=O)=O)C[C@@H]3C)cnc2Nc2ccc3scnc3c2)n1. The molecule has 0 saturated carbocycles. The summed E-state index contributed by atoms with van der Waals surface area (Å²) in [6.45, 7) is 7.44. The summed E-state index contributed by atoms with van der Waals surface area (Å²) in [5.41, 5.74) is 11.2. The van der Waals surface area contributed by atoms with Crippen LogP contribution in [0.25, 0.3) is 21.6 Å². The van der Waals surface area contributed by atoms with Crippen LogP contribution in [-0.4, -0.2) is 74.5 Å². The molecule has 1 aliphatic rings. The van der Waals surface area contributed by atoms with Crippen LogP contribution in [0.2, 0.25) is 0 Å². The van der Waals surface area contributed by atoms with Crippen LogP contribution in [0, 0.1) is 6.92 Å². The molecule has 0 bridgehead atoms. The van der Waals surface area contributed by atoms with Crippen molar-refractivity contribution in [3.8, 4) is 11.4 Å². The van der Waals surface area contributed by atoms with Gasteiger partial charge in [-0.05, 0) is 50.6 Å². The molecule has 3 N–H and O–H groups in total. The Balaban J connectivity index is 1.50. The molecule has 5 rings (SSSR count). The highest BCUT2D eigenvalue weighted by molar-refractivity contribution is 7.88. The summed E-state index contributed by atoms with van der Waals surface area (Å²) in [6, 6.07) is 8.03. The fourth-order valence-corrected chi connectivity index (χ4v) is 6.24. The Morgan fingerprint density at radius 1 is 1.16 bits per heavy atom. The summed E-state index contributed by atoms with van der Waals surface area (Å²) in [5.74, 6) is 1.67. The van der Waals surface area contributed by atoms with Crippen LogP contribution in [0.15, 0.2) is 36.0 Å². The van der Waals surface area contributed by atoms with Gasteiger partial charge in [-0.25, -0.2) is 23.4 Å². The molecule has 1 saturated heterocycles. The van der Waals surface area contributed by atoms with Gasteiger partial charge in [0, 0.05) is 43.6 Å². The van der Waals surface area contributed by atoms with Gasteiger partial charge < -0.3 is 11.1 Å². The number of piperazine rings is 1. The van der Waals surface area contributed by atoms with Crippen LogP contribution in [0.3, 0.4) is 0 Å². The number of anilines is 3. The number of nitrogen functional groups attached to an aromatic ring is 1. The second-order valence-corrected chi connectivity index (χ2v) is 12.1. The molecule has 2 atom stereocenters. The molecule has 11 nitrogen and oxygen atoms in total. The van der Waals surface area contributed by atoms with Gasteiger partial charge in [-0.3, -0.25) is 4.90 Å². The van der Waals surface area contributed by atoms with Gasteiger partial charge in [0.15, 0.2) is 5.82 Å². The topological polar surface area (TPSA) is 143 Å². The van der Waals surface area contributed by atoms with E-state index in [0.29, 0.717) is 42.7 Å². The van der Waals surface area contributed by atoms with Crippen molar-refractivity contribution in [1.82, 2.24) is 34.1 Å². The molecule has 0 spiro atoms. The largest absolute Gasteiger partial charge is 0.368 e. The Morgan fingerprint density at radius 2 is 1.97 bits per heavy atom. The maximum Gasteiger partial charge on any atom is 0.223 e. The van der Waals surface area contributed by atoms with E-state index in [-0.39, 0.29) is 18.0 Å². The summed E-state index contributed by atoms with van der Waals surface area (Å²) < 4.78 is 26.7. The van der Waals surface area contributed by atoms with Gasteiger partial charge in [0.05, 0.1) is 27.5 Å². The first kappa shape index (κ1) is 25.4. The lowest BCUT2D eigenvalue weighted by Crippen LogP contribution is -2.53. The first-order valence-electron chi connectivity index (χ1n) is 11.9. The van der Waals surface area contributed by atoms with E-state index in [4.69, 9.17) is 10.7 Å². The number of sulfonamides is 1. The number of rotatable bonds is 6. The molecule has 0 radical (unpaired) electrons. The highest BCUT2D eigenvalue weighted by atomic mass is 32.2. The molecule has 0 unspecified atom stereocenters. The lowest BCUT2D eigenvalue weighted by molar-refractivity contribution is 0.0906. The van der Waals surface area contributed by atoms with Gasteiger partial charge in [-0.15, -0.1) is 11.3 Å². The van der Waals surface area contributed by atoms with Crippen molar-refractivity contribution in [3.63, 3.8) is 0 Å². The zero-order chi connectivity index (χ0) is 26.3. The molecule has 13 heteroatoms. The van der Waals surface area contributed by atoms with E-state index in [9.17, 15) is 8.42 Å². The van der Waals surface area contributed by atoms with Gasteiger partial charge in [-0.1, -0.05) is 0 Å². The Hall–Kier alpha value is -3.26. The van der Waals surface area contributed by atoms with Crippen LogP contribution in [-0.2, 0) is 10.0 Å². The smallest absolute Gasteiger partial charge is 0.223 e. The number of hydrogen-bond acceptors (Lipinski definition) is 11. The number of fused-ring (bicyclic) bond motifs is 1. The lowest BCUT2D eigenvalue weighted by atomic mass is 10.0. The van der Waals surface area contributed by atoms with Gasteiger partial charge in [0.1, 0.15) is 11.6 Å². The van der Waals surface area contributed by atoms with E-state index in [1.807, 2.05) is 42.9 Å². The molecule has 1 aromatic carbocycles. The summed E-state index contributed by atoms with van der Waals surface area (Å²) in [7, 11) is -3.22. The fourth-order valence-electron chi connectivity index (χ4n) is 4.68. The zero-order valence-electron chi connectivity index (χ0n) is 21.1. The number of nitrogens with one attached hydrogen (secondary N) is 1. The van der Waals surface area contributed by atoms with E-state index in [1.165, 1.54) is 10.6 Å². The van der Waals surface area contributed by atoms with Crippen LogP contribution in [0.1, 0.15) is 31.3 Å². The van der Waals surface area contributed by atoms with Gasteiger partial charge in [0.25, 0.3) is 0 Å². The molecule has 1 aliphatic heterocycles. The average molecular weight is 540 g/mol. The van der Waals surface area contributed by atoms with Crippen molar-refractivity contribution < 1.29 is 8.42 Å². The van der Waals surface area contributed by atoms with Crippen molar-refractivity contribution in [2.24, 2.45) is 0 Å². The predicted octanol–water partition coefficient (Wildman–Crippen LogP) is 3.20. The average Bonchev–Trinajstić information content (AvgIpc) is 3.30. The molecule has 37 heavy (non-hydrogen) atoms. The van der Waals surface area contributed by atoms with E-state index in [1.54, 1.807) is 18.3 Å². The molecule has 4 heterocycles. The lowest BCUT2D eigenvalue weighted by Gasteiger charge is -2.42. The quantitative estimate of drug-likeness (QED) is 0.375. The number of thiazole rings is 1. The number of nitrogens with zero attached hydrogens (tertiary/aromatic N) is 7. The number of hydrogen-bond donors (Lipinski definition) is 2. The number of pyridine rings is 1. The Morgan fingerprint density at radius 3 is 2.70 bits per heavy atom. The minimum atomic E-state index is -3.22. The van der Waals surface area contributed by atoms with E-state index >= 15 is 0 Å². The highest BCUT2D eigenvalue weighted by Crippen LogP contribution is 2.33. The van der Waals surface area contributed by atoms with Gasteiger partial charge >= 0.3 is 0 Å². The Labute approximate surface area is 219 Å². The highest BCUT2D eigenvalue weighted by Gasteiger charge is 2.32. The molecule has 3 aromatic heterocycles. The van der Waals surface area contributed by atoms with Crippen LogP contribution < -0.4 is 11.1 Å². The van der Waals surface area contributed by atoms with Crippen LogP contribution >= 0.6 is 11.3 Å². The predicted molar refractivity (Wildman–Crippen MR) is 146 cm³/mol. The maximum absolute atomic E-state index is 12.0. The minimum absolute atomic E-state index is 0.0105. The summed E-state index contributed by atoms with van der Waals surface area (Å²) in [5, 5.41) is 3.39. The molecular formula is C24H29N9O2S2. The number of aryl methyl sites for hydroxylation is 1. The molecule has 0 amide bonds. The minimum Gasteiger partial charge on any atom is -0.368 e. The third-order valence-corrected chi connectivity index (χ3v) is 8.68. The third-order valence-electron chi connectivity index (χ3n) is 6.60. The first-order chi connectivity index (χ1) is 17.6. The standard InChI is InChI=1S/C24H29N9O2S2/c1-14-12-32(37(4,34)35)7-8-33(14)15(2)17-9-19(23-28-16(3)29-24(25)31-23)22(26-11-17)30-18-5-6-21-20(10-18)27-13-36-21/h5-6,9-11,13-15H,7-8,12H2,1-4H3,(H,26,30)(H2,25,28,29,31)/t14-,15+/m0/s1. The van der Waals surface area contributed by atoms with Crippen LogP contribution in [0.4, 0.5) is 17.5 Å². The Kier molecular flexibility index (Phi) is 6.79. The first-order valence-corrected chi connectivity index (χ1v) is 14.6. The normalized spacial score (nSPS) is 18.2. The molecule has 194 valence electrons. The van der Waals surface area contributed by atoms with Crippen LogP contribution in [0.5, 0.6) is 0 Å². The van der Waals surface area contributed by atoms with Crippen molar-refractivity contribution in [3.05, 3.63) is 47.4 Å². The molecule has 1 fully saturated rings. The zero-order valence-corrected chi connectivity index (χ0v) is 22.7. The van der Waals surface area contributed by atoms with Crippen molar-refractivity contribution in [1.29, 1.82) is 0 Å². The molecule has 0 aliphatic carbocycles. The summed E-state index contributed by atoms with van der Waals surface area (Å²) in [4.78, 5) is 24.5. The summed E-state index contributed by atoms with van der Waals surface area (Å²) >= 11 is 1.59. The van der Waals surface area contributed by atoms with Gasteiger partial charge in [0.2, 0.25) is 16.0 Å². The molecular weight excluding hydrogens is 510 g/mol. The number of aromatic nitrogens is 5. The fraction of sp³-hybridized carbons (Fsp3) is 0.375. The van der Waals surface area contributed by atoms with Crippen molar-refractivity contribution in [2.75, 3.05) is 36.9 Å². The van der Waals surface area contributed by atoms with E-state index in [0.717, 1.165) is 21.5 Å². The second-order valence-electron chi connectivity index (χ2n) is 9.27. The maximum atomic E-state index is 12.0. The second kappa shape index (κ2) is 9.89. The Bertz CT molecular complexity index is 1540. The number of benzene rings is 1. The van der Waals surface area contributed by atoms with Gasteiger partial charge in [-0.2, -0.15) is 14.3 Å². The monoisotopic (exact) mass is 539 g/mol. The third kappa shape index (κ3) is 5.39. The number of nitrogens with two attached hydrogens (primary N) is 1. The van der Waals surface area contributed by atoms with Crippen molar-refractivity contribution in [2.45, 2.75) is 32.9 Å². The van der Waals surface area contributed by atoms with E-state index in [2.05, 4.69) is 37.1 Å².